The van der Waals surface area contributed by atoms with E-state index < -0.39 is 5.60 Å². The van der Waals surface area contributed by atoms with Crippen molar-refractivity contribution in [3.05, 3.63) is 0 Å². The van der Waals surface area contributed by atoms with Crippen LogP contribution >= 0.6 is 0 Å². The molecular formula is C7H16N2O. The fraction of sp³-hybridized carbons (Fsp3) is 0.857. The van der Waals surface area contributed by atoms with Crippen LogP contribution in [0.1, 0.15) is 27.7 Å². The summed E-state index contributed by atoms with van der Waals surface area (Å²) in [5.41, 5.74) is 0.508. The first-order chi connectivity index (χ1) is 4.54. The minimum absolute atomic E-state index is 0.421. The van der Waals surface area contributed by atoms with E-state index in [2.05, 4.69) is 4.99 Å². The average Bonchev–Trinajstić information content (AvgIpc) is 1.89. The third-order valence-electron chi connectivity index (χ3n) is 1.56. The molecule has 0 aromatic heterocycles. The average molecular weight is 144 g/mol. The molecule has 2 N–H and O–H groups in total. The summed E-state index contributed by atoms with van der Waals surface area (Å²) in [6.07, 6.45) is 0. The number of rotatable bonds is 3. The van der Waals surface area contributed by atoms with Crippen LogP contribution in [0.2, 0.25) is 0 Å². The van der Waals surface area contributed by atoms with Gasteiger partial charge in [0.25, 0.3) is 0 Å². The summed E-state index contributed by atoms with van der Waals surface area (Å²) in [5, 5.41) is 0. The van der Waals surface area contributed by atoms with Gasteiger partial charge in [-0.05, 0) is 27.7 Å². The van der Waals surface area contributed by atoms with E-state index in [1.165, 1.54) is 0 Å². The molecule has 0 atom stereocenters. The molecule has 3 heteroatoms. The summed E-state index contributed by atoms with van der Waals surface area (Å²) < 4.78 is 0. The molecule has 0 bridgehead atoms. The van der Waals surface area contributed by atoms with Crippen molar-refractivity contribution in [2.45, 2.75) is 33.3 Å². The highest BCUT2D eigenvalue weighted by Gasteiger charge is 2.20. The molecular weight excluding hydrogens is 128 g/mol. The molecule has 60 valence electrons. The molecule has 0 radical (unpaired) electrons. The van der Waals surface area contributed by atoms with Gasteiger partial charge in [0, 0.05) is 12.3 Å². The predicted molar refractivity (Wildman–Crippen MR) is 43.0 cm³/mol. The van der Waals surface area contributed by atoms with Crippen molar-refractivity contribution in [3.8, 4) is 0 Å². The van der Waals surface area contributed by atoms with Crippen molar-refractivity contribution in [1.82, 2.24) is 0 Å². The Kier molecular flexibility index (Phi) is 3.53. The van der Waals surface area contributed by atoms with Crippen LogP contribution in [-0.4, -0.2) is 17.9 Å². The third kappa shape index (κ3) is 2.45. The second kappa shape index (κ2) is 3.68. The van der Waals surface area contributed by atoms with Gasteiger partial charge in [-0.2, -0.15) is 0 Å². The zero-order valence-corrected chi connectivity index (χ0v) is 7.14. The van der Waals surface area contributed by atoms with Gasteiger partial charge in [-0.1, -0.05) is 0 Å². The van der Waals surface area contributed by atoms with E-state index in [-0.39, 0.29) is 0 Å². The van der Waals surface area contributed by atoms with Crippen LogP contribution in [0.25, 0.3) is 0 Å². The zero-order valence-electron chi connectivity index (χ0n) is 7.14. The normalized spacial score (nSPS) is 13.9. The van der Waals surface area contributed by atoms with Crippen LogP contribution in [0.4, 0.5) is 0 Å². The van der Waals surface area contributed by atoms with Gasteiger partial charge in [-0.3, -0.25) is 9.83 Å². The summed E-state index contributed by atoms with van der Waals surface area (Å²) in [6.45, 7) is 8.45. The molecule has 0 fully saturated rings. The predicted octanol–water partition coefficient (Wildman–Crippen LogP) is 1.14. The molecule has 0 aliphatic heterocycles. The van der Waals surface area contributed by atoms with Crippen molar-refractivity contribution in [2.75, 3.05) is 6.54 Å². The molecule has 0 aliphatic rings. The van der Waals surface area contributed by atoms with Gasteiger partial charge >= 0.3 is 0 Å². The van der Waals surface area contributed by atoms with Crippen LogP contribution in [0.5, 0.6) is 0 Å². The maximum Gasteiger partial charge on any atom is 0.121 e. The minimum atomic E-state index is -0.421. The van der Waals surface area contributed by atoms with E-state index in [0.29, 0.717) is 0 Å². The smallest absolute Gasteiger partial charge is 0.121 e. The zero-order chi connectivity index (χ0) is 8.20. The number of aliphatic imine (C=N–C) groups is 1. The summed E-state index contributed by atoms with van der Waals surface area (Å²) in [5.74, 6) is 5.06. The molecule has 0 aliphatic carbocycles. The second-order valence-corrected chi connectivity index (χ2v) is 2.69. The van der Waals surface area contributed by atoms with E-state index >= 15 is 0 Å². The maximum absolute atomic E-state index is 5.06. The Bertz CT molecular complexity index is 130. The topological polar surface area (TPSA) is 47.6 Å². The summed E-state index contributed by atoms with van der Waals surface area (Å²) in [6, 6.07) is 0. The minimum Gasteiger partial charge on any atom is -0.293 e. The van der Waals surface area contributed by atoms with Crippen LogP contribution in [0, 0.1) is 0 Å². The molecule has 0 saturated carbocycles. The summed E-state index contributed by atoms with van der Waals surface area (Å²) >= 11 is 0. The fourth-order valence-corrected chi connectivity index (χ4v) is 0.513. The first-order valence-electron chi connectivity index (χ1n) is 3.44. The van der Waals surface area contributed by atoms with Gasteiger partial charge in [0.1, 0.15) is 5.60 Å². The summed E-state index contributed by atoms with van der Waals surface area (Å²) in [7, 11) is 0. The van der Waals surface area contributed by atoms with E-state index in [1.807, 2.05) is 27.7 Å². The Labute approximate surface area is 62.2 Å². The molecule has 0 heterocycles. The van der Waals surface area contributed by atoms with Gasteiger partial charge < -0.3 is 0 Å². The van der Waals surface area contributed by atoms with Crippen LogP contribution < -0.4 is 5.90 Å². The van der Waals surface area contributed by atoms with Crippen molar-refractivity contribution in [1.29, 1.82) is 0 Å². The maximum atomic E-state index is 5.06. The van der Waals surface area contributed by atoms with Crippen LogP contribution in [-0.2, 0) is 4.84 Å². The monoisotopic (exact) mass is 144 g/mol. The van der Waals surface area contributed by atoms with Crippen molar-refractivity contribution in [2.24, 2.45) is 10.9 Å². The molecule has 0 saturated heterocycles. The highest BCUT2D eigenvalue weighted by molar-refractivity contribution is 5.89. The molecule has 0 aromatic carbocycles. The second-order valence-electron chi connectivity index (χ2n) is 2.69. The van der Waals surface area contributed by atoms with Crippen LogP contribution in [0.15, 0.2) is 4.99 Å². The fourth-order valence-electron chi connectivity index (χ4n) is 0.513. The number of nitrogens with two attached hydrogens (primary N) is 1. The molecule has 0 unspecified atom stereocenters. The Hall–Kier alpha value is -0.410. The number of hydrogen-bond donors (Lipinski definition) is 1. The van der Waals surface area contributed by atoms with Crippen LogP contribution in [0.3, 0.4) is 0 Å². The molecule has 0 aromatic rings. The lowest BCUT2D eigenvalue weighted by Gasteiger charge is -2.21. The number of nitrogens with zero attached hydrogens (tertiary/aromatic N) is 1. The largest absolute Gasteiger partial charge is 0.293 e. The van der Waals surface area contributed by atoms with E-state index in [0.717, 1.165) is 12.3 Å². The highest BCUT2D eigenvalue weighted by Crippen LogP contribution is 2.08. The Morgan fingerprint density at radius 3 is 2.40 bits per heavy atom. The SMILES string of the molecule is CCN=C(C)C(C)(C)ON. The van der Waals surface area contributed by atoms with Gasteiger partial charge in [-0.25, -0.2) is 5.90 Å². The Morgan fingerprint density at radius 2 is 2.10 bits per heavy atom. The third-order valence-corrected chi connectivity index (χ3v) is 1.56. The first-order valence-corrected chi connectivity index (χ1v) is 3.44. The van der Waals surface area contributed by atoms with E-state index in [4.69, 9.17) is 10.7 Å². The standard InChI is InChI=1S/C7H16N2O/c1-5-9-6(2)7(3,4)10-8/h5,8H2,1-4H3. The van der Waals surface area contributed by atoms with Gasteiger partial charge in [0.15, 0.2) is 0 Å². The quantitative estimate of drug-likeness (QED) is 0.477. The van der Waals surface area contributed by atoms with Gasteiger partial charge in [-0.15, -0.1) is 0 Å². The molecule has 10 heavy (non-hydrogen) atoms. The van der Waals surface area contributed by atoms with Crippen molar-refractivity contribution in [3.63, 3.8) is 0 Å². The Balaban J connectivity index is 4.17. The van der Waals surface area contributed by atoms with E-state index in [1.54, 1.807) is 0 Å². The van der Waals surface area contributed by atoms with Crippen molar-refractivity contribution >= 4 is 5.71 Å². The number of hydrogen-bond acceptors (Lipinski definition) is 3. The first kappa shape index (κ1) is 9.59. The molecule has 0 rings (SSSR count). The van der Waals surface area contributed by atoms with Gasteiger partial charge in [0.05, 0.1) is 0 Å². The highest BCUT2D eigenvalue weighted by atomic mass is 16.6. The lowest BCUT2D eigenvalue weighted by molar-refractivity contribution is 0.0336. The molecule has 3 nitrogen and oxygen atoms in total. The molecule has 0 spiro atoms. The van der Waals surface area contributed by atoms with Gasteiger partial charge in [0.2, 0.25) is 0 Å². The Morgan fingerprint density at radius 1 is 1.60 bits per heavy atom. The summed E-state index contributed by atoms with van der Waals surface area (Å²) in [4.78, 5) is 8.90. The lowest BCUT2D eigenvalue weighted by Crippen LogP contribution is -2.36. The lowest BCUT2D eigenvalue weighted by atomic mass is 10.0. The van der Waals surface area contributed by atoms with E-state index in [9.17, 15) is 0 Å². The van der Waals surface area contributed by atoms with Crippen molar-refractivity contribution < 1.29 is 4.84 Å². The molecule has 0 amide bonds.